The van der Waals surface area contributed by atoms with Crippen molar-refractivity contribution in [3.05, 3.63) is 22.4 Å². The van der Waals surface area contributed by atoms with Crippen LogP contribution in [0.5, 0.6) is 0 Å². The molecule has 0 aliphatic carbocycles. The average Bonchev–Trinajstić information content (AvgIpc) is 2.72. The Morgan fingerprint density at radius 3 is 2.80 bits per heavy atom. The fraction of sp³-hybridized carbons (Fsp3) is 0.500. The quantitative estimate of drug-likeness (QED) is 0.813. The summed E-state index contributed by atoms with van der Waals surface area (Å²) in [5.74, 6) is 0. The number of morpholine rings is 1. The SMILES string of the molecule is NC(=S)C(c1ccsc1)N1CCOCC1. The van der Waals surface area contributed by atoms with Gasteiger partial charge in [0.05, 0.1) is 24.2 Å². The zero-order chi connectivity index (χ0) is 10.7. The highest BCUT2D eigenvalue weighted by Gasteiger charge is 2.24. The Labute approximate surface area is 98.8 Å². The highest BCUT2D eigenvalue weighted by atomic mass is 32.1. The summed E-state index contributed by atoms with van der Waals surface area (Å²) in [5.41, 5.74) is 7.02. The third-order valence-electron chi connectivity index (χ3n) is 2.54. The van der Waals surface area contributed by atoms with E-state index in [-0.39, 0.29) is 6.04 Å². The van der Waals surface area contributed by atoms with Crippen molar-refractivity contribution in [2.75, 3.05) is 26.3 Å². The third-order valence-corrected chi connectivity index (χ3v) is 3.46. The number of hydrogen-bond donors (Lipinski definition) is 1. The van der Waals surface area contributed by atoms with Gasteiger partial charge in [-0.1, -0.05) is 12.2 Å². The second-order valence-corrected chi connectivity index (χ2v) is 4.76. The molecule has 15 heavy (non-hydrogen) atoms. The number of ether oxygens (including phenoxy) is 1. The molecule has 2 rings (SSSR count). The van der Waals surface area contributed by atoms with Crippen LogP contribution >= 0.6 is 23.6 Å². The summed E-state index contributed by atoms with van der Waals surface area (Å²) in [7, 11) is 0. The minimum absolute atomic E-state index is 0.0788. The van der Waals surface area contributed by atoms with Crippen LogP contribution in [0, 0.1) is 0 Å². The van der Waals surface area contributed by atoms with E-state index in [1.54, 1.807) is 11.3 Å². The van der Waals surface area contributed by atoms with E-state index in [2.05, 4.69) is 21.7 Å². The van der Waals surface area contributed by atoms with E-state index < -0.39 is 0 Å². The van der Waals surface area contributed by atoms with Gasteiger partial charge < -0.3 is 10.5 Å². The van der Waals surface area contributed by atoms with Crippen molar-refractivity contribution in [1.29, 1.82) is 0 Å². The molecule has 0 radical (unpaired) electrons. The van der Waals surface area contributed by atoms with Crippen LogP contribution in [0.4, 0.5) is 0 Å². The van der Waals surface area contributed by atoms with Crippen LogP contribution in [0.15, 0.2) is 16.8 Å². The van der Waals surface area contributed by atoms with Gasteiger partial charge in [0, 0.05) is 13.1 Å². The maximum absolute atomic E-state index is 5.81. The lowest BCUT2D eigenvalue weighted by Crippen LogP contribution is -2.43. The van der Waals surface area contributed by atoms with Crippen LogP contribution in [0.1, 0.15) is 11.6 Å². The van der Waals surface area contributed by atoms with Gasteiger partial charge in [-0.05, 0) is 22.4 Å². The second-order valence-electron chi connectivity index (χ2n) is 3.51. The maximum atomic E-state index is 5.81. The van der Waals surface area contributed by atoms with E-state index in [1.807, 2.05) is 0 Å². The van der Waals surface area contributed by atoms with Gasteiger partial charge in [-0.25, -0.2) is 0 Å². The lowest BCUT2D eigenvalue weighted by Gasteiger charge is -2.33. The standard InChI is InChI=1S/C10H14N2OS2/c11-10(14)9(8-1-6-15-7-8)12-2-4-13-5-3-12/h1,6-7,9H,2-5H2,(H2,11,14). The summed E-state index contributed by atoms with van der Waals surface area (Å²) in [6, 6.07) is 2.17. The molecular formula is C10H14N2OS2. The Hall–Kier alpha value is -0.490. The van der Waals surface area contributed by atoms with Gasteiger partial charge in [-0.2, -0.15) is 11.3 Å². The summed E-state index contributed by atoms with van der Waals surface area (Å²) in [6.45, 7) is 3.34. The van der Waals surface area contributed by atoms with Crippen LogP contribution in [-0.2, 0) is 4.74 Å². The molecule has 1 aromatic rings. The van der Waals surface area contributed by atoms with Crippen molar-refractivity contribution in [2.45, 2.75) is 6.04 Å². The summed E-state index contributed by atoms with van der Waals surface area (Å²) >= 11 is 6.82. The van der Waals surface area contributed by atoms with E-state index in [4.69, 9.17) is 22.7 Å². The summed E-state index contributed by atoms with van der Waals surface area (Å²) in [5, 5.41) is 4.17. The largest absolute Gasteiger partial charge is 0.392 e. The Balaban J connectivity index is 2.15. The Kier molecular flexibility index (Phi) is 3.69. The molecule has 0 amide bonds. The van der Waals surface area contributed by atoms with Crippen molar-refractivity contribution >= 4 is 28.5 Å². The molecule has 1 aromatic heterocycles. The molecule has 1 atom stereocenters. The molecule has 0 spiro atoms. The van der Waals surface area contributed by atoms with Crippen molar-refractivity contribution < 1.29 is 4.74 Å². The van der Waals surface area contributed by atoms with E-state index in [0.717, 1.165) is 26.3 Å². The van der Waals surface area contributed by atoms with E-state index in [9.17, 15) is 0 Å². The maximum Gasteiger partial charge on any atom is 0.0948 e. The van der Waals surface area contributed by atoms with Gasteiger partial charge in [-0.3, -0.25) is 4.90 Å². The fourth-order valence-electron chi connectivity index (χ4n) is 1.82. The highest BCUT2D eigenvalue weighted by molar-refractivity contribution is 7.80. The monoisotopic (exact) mass is 242 g/mol. The van der Waals surface area contributed by atoms with Crippen LogP contribution in [0.3, 0.4) is 0 Å². The lowest BCUT2D eigenvalue weighted by molar-refractivity contribution is 0.0289. The van der Waals surface area contributed by atoms with Crippen LogP contribution < -0.4 is 5.73 Å². The first-order valence-corrected chi connectivity index (χ1v) is 6.27. The Morgan fingerprint density at radius 2 is 2.27 bits per heavy atom. The third kappa shape index (κ3) is 2.55. The molecule has 1 unspecified atom stereocenters. The molecule has 0 bridgehead atoms. The fourth-order valence-corrected chi connectivity index (χ4v) is 2.79. The lowest BCUT2D eigenvalue weighted by atomic mass is 10.1. The molecule has 0 aromatic carbocycles. The van der Waals surface area contributed by atoms with Crippen molar-refractivity contribution in [3.8, 4) is 0 Å². The van der Waals surface area contributed by atoms with Gasteiger partial charge >= 0.3 is 0 Å². The van der Waals surface area contributed by atoms with Gasteiger partial charge in [0.15, 0.2) is 0 Å². The number of hydrogen-bond acceptors (Lipinski definition) is 4. The zero-order valence-electron chi connectivity index (χ0n) is 8.39. The second kappa shape index (κ2) is 5.03. The van der Waals surface area contributed by atoms with Gasteiger partial charge in [0.25, 0.3) is 0 Å². The molecular weight excluding hydrogens is 228 g/mol. The Morgan fingerprint density at radius 1 is 1.53 bits per heavy atom. The molecule has 82 valence electrons. The minimum Gasteiger partial charge on any atom is -0.392 e. The summed E-state index contributed by atoms with van der Waals surface area (Å²) in [4.78, 5) is 2.84. The molecule has 5 heteroatoms. The van der Waals surface area contributed by atoms with Crippen LogP contribution in [0.2, 0.25) is 0 Å². The summed E-state index contributed by atoms with van der Waals surface area (Å²) < 4.78 is 5.32. The topological polar surface area (TPSA) is 38.5 Å². The van der Waals surface area contributed by atoms with Gasteiger partial charge in [0.2, 0.25) is 0 Å². The molecule has 3 nitrogen and oxygen atoms in total. The first kappa shape index (κ1) is 11.0. The number of rotatable bonds is 3. The average molecular weight is 242 g/mol. The molecule has 1 fully saturated rings. The minimum atomic E-state index is 0.0788. The van der Waals surface area contributed by atoms with E-state index in [1.165, 1.54) is 5.56 Å². The van der Waals surface area contributed by atoms with Crippen LogP contribution in [-0.4, -0.2) is 36.2 Å². The first-order chi connectivity index (χ1) is 7.29. The highest BCUT2D eigenvalue weighted by Crippen LogP contribution is 2.24. The number of nitrogens with zero attached hydrogens (tertiary/aromatic N) is 1. The normalized spacial score (nSPS) is 20.0. The molecule has 2 heterocycles. The molecule has 0 saturated carbocycles. The predicted molar refractivity (Wildman–Crippen MR) is 66.2 cm³/mol. The number of nitrogens with two attached hydrogens (primary N) is 1. The summed E-state index contributed by atoms with van der Waals surface area (Å²) in [6.07, 6.45) is 0. The van der Waals surface area contributed by atoms with Crippen molar-refractivity contribution in [2.24, 2.45) is 5.73 Å². The molecule has 1 saturated heterocycles. The number of thiophene rings is 1. The van der Waals surface area contributed by atoms with Crippen LogP contribution in [0.25, 0.3) is 0 Å². The van der Waals surface area contributed by atoms with Gasteiger partial charge in [0.1, 0.15) is 0 Å². The van der Waals surface area contributed by atoms with Crippen molar-refractivity contribution in [1.82, 2.24) is 4.90 Å². The van der Waals surface area contributed by atoms with Gasteiger partial charge in [-0.15, -0.1) is 0 Å². The van der Waals surface area contributed by atoms with Crippen molar-refractivity contribution in [3.63, 3.8) is 0 Å². The van der Waals surface area contributed by atoms with E-state index in [0.29, 0.717) is 4.99 Å². The van der Waals surface area contributed by atoms with E-state index >= 15 is 0 Å². The Bertz CT molecular complexity index is 320. The first-order valence-electron chi connectivity index (χ1n) is 4.92. The molecule has 2 N–H and O–H groups in total. The number of thiocarbonyl (C=S) groups is 1. The predicted octanol–water partition coefficient (Wildman–Crippen LogP) is 1.41. The zero-order valence-corrected chi connectivity index (χ0v) is 10.0. The smallest absolute Gasteiger partial charge is 0.0948 e. The molecule has 1 aliphatic rings. The molecule has 1 aliphatic heterocycles.